The molecule has 2 aliphatic heterocycles. The van der Waals surface area contributed by atoms with E-state index in [4.69, 9.17) is 22.9 Å². The second-order valence-electron chi connectivity index (χ2n) is 15.9. The number of nitrogens with one attached hydrogen (secondary N) is 2. The van der Waals surface area contributed by atoms with Crippen molar-refractivity contribution in [2.24, 2.45) is 17.8 Å². The Morgan fingerprint density at radius 1 is 1.11 bits per heavy atom. The molecular formula is C39H48ClN5O7S. The van der Waals surface area contributed by atoms with E-state index in [1.165, 1.54) is 9.80 Å². The number of benzene rings is 2. The van der Waals surface area contributed by atoms with Gasteiger partial charge in [0, 0.05) is 43.3 Å². The van der Waals surface area contributed by atoms with Crippen molar-refractivity contribution in [1.82, 2.24) is 19.8 Å². The van der Waals surface area contributed by atoms with Crippen LogP contribution in [0.2, 0.25) is 5.02 Å². The second-order valence-corrected chi connectivity index (χ2v) is 18.2. The first kappa shape index (κ1) is 38.6. The third kappa shape index (κ3) is 7.90. The minimum absolute atomic E-state index is 0.000779. The van der Waals surface area contributed by atoms with Crippen LogP contribution in [-0.2, 0) is 54.2 Å². The number of hydrogen-bond donors (Lipinski definition) is 2. The van der Waals surface area contributed by atoms with Gasteiger partial charge in [0.05, 0.1) is 18.3 Å². The highest BCUT2D eigenvalue weighted by atomic mass is 35.5. The fourth-order valence-electron chi connectivity index (χ4n) is 7.62. The lowest BCUT2D eigenvalue weighted by Gasteiger charge is -2.31. The Labute approximate surface area is 316 Å². The van der Waals surface area contributed by atoms with Crippen LogP contribution in [0.3, 0.4) is 0 Å². The molecule has 14 heteroatoms. The number of carbonyl (C=O) groups is 4. The lowest BCUT2D eigenvalue weighted by molar-refractivity contribution is -0.143. The number of ether oxygens (including phenoxy) is 1. The van der Waals surface area contributed by atoms with Gasteiger partial charge in [-0.15, -0.1) is 0 Å². The molecule has 4 aliphatic rings. The van der Waals surface area contributed by atoms with Crippen LogP contribution in [0, 0.1) is 24.3 Å². The van der Waals surface area contributed by atoms with Gasteiger partial charge in [0.1, 0.15) is 17.7 Å². The summed E-state index contributed by atoms with van der Waals surface area (Å²) in [6.07, 6.45) is 0.697. The molecule has 2 heterocycles. The van der Waals surface area contributed by atoms with E-state index in [0.29, 0.717) is 37.3 Å². The van der Waals surface area contributed by atoms with E-state index in [-0.39, 0.29) is 43.7 Å². The fraction of sp³-hybridized carbons (Fsp3) is 0.564. The van der Waals surface area contributed by atoms with Crippen molar-refractivity contribution < 1.29 is 32.3 Å². The Bertz CT molecular complexity index is 1960. The monoisotopic (exact) mass is 765 g/mol. The smallest absolute Gasteiger partial charge is 0.410 e. The summed E-state index contributed by atoms with van der Waals surface area (Å²) in [5.41, 5.74) is 1.30. The van der Waals surface area contributed by atoms with E-state index < -0.39 is 62.3 Å². The quantitative estimate of drug-likeness (QED) is 0.278. The van der Waals surface area contributed by atoms with Crippen molar-refractivity contribution in [3.8, 4) is 0 Å². The molecule has 12 nitrogen and oxygen atoms in total. The van der Waals surface area contributed by atoms with E-state index in [1.807, 2.05) is 71.0 Å². The molecule has 2 aliphatic carbocycles. The van der Waals surface area contributed by atoms with Gasteiger partial charge in [0.15, 0.2) is 0 Å². The largest absolute Gasteiger partial charge is 0.444 e. The van der Waals surface area contributed by atoms with Crippen LogP contribution in [0.1, 0.15) is 89.0 Å². The minimum Gasteiger partial charge on any atom is -0.444 e. The average Bonchev–Trinajstić information content (AvgIpc) is 4.01. The molecular weight excluding hydrogens is 718 g/mol. The van der Waals surface area contributed by atoms with Gasteiger partial charge < -0.3 is 19.8 Å². The number of hydrogen-bond acceptors (Lipinski definition) is 7. The van der Waals surface area contributed by atoms with Gasteiger partial charge in [-0.2, -0.15) is 0 Å². The third-order valence-electron chi connectivity index (χ3n) is 11.3. The number of sulfonamides is 1. The van der Waals surface area contributed by atoms with Crippen molar-refractivity contribution in [2.45, 2.75) is 115 Å². The molecule has 284 valence electrons. The summed E-state index contributed by atoms with van der Waals surface area (Å²) < 4.78 is 33.6. The molecule has 0 radical (unpaired) electrons. The predicted molar refractivity (Wildman–Crippen MR) is 199 cm³/mol. The lowest BCUT2D eigenvalue weighted by Crippen LogP contribution is -2.57. The highest BCUT2D eigenvalue weighted by Crippen LogP contribution is 2.47. The lowest BCUT2D eigenvalue weighted by atomic mass is 9.85. The first-order chi connectivity index (χ1) is 25.0. The van der Waals surface area contributed by atoms with E-state index in [0.717, 1.165) is 22.3 Å². The van der Waals surface area contributed by atoms with Crippen LogP contribution in [0.4, 0.5) is 4.79 Å². The van der Waals surface area contributed by atoms with Gasteiger partial charge in [-0.3, -0.25) is 24.0 Å². The normalized spacial score (nSPS) is 24.3. The summed E-state index contributed by atoms with van der Waals surface area (Å²) in [4.78, 5) is 62.6. The molecule has 0 spiro atoms. The molecule has 6 rings (SSSR count). The summed E-state index contributed by atoms with van der Waals surface area (Å²) >= 11 is 6.38. The predicted octanol–water partition coefficient (Wildman–Crippen LogP) is 5.32. The van der Waals surface area contributed by atoms with Gasteiger partial charge in [-0.25, -0.2) is 19.8 Å². The number of rotatable bonds is 12. The number of likely N-dealkylation sites (tertiary alicyclic amines) is 1. The molecule has 53 heavy (non-hydrogen) atoms. The molecule has 0 bridgehead atoms. The van der Waals surface area contributed by atoms with Gasteiger partial charge in [0.2, 0.25) is 21.8 Å². The topological polar surface area (TPSA) is 147 Å². The molecule has 2 aromatic rings. The van der Waals surface area contributed by atoms with Crippen LogP contribution in [0.15, 0.2) is 42.5 Å². The van der Waals surface area contributed by atoms with Crippen LogP contribution >= 0.6 is 11.6 Å². The fourth-order valence-corrected chi connectivity index (χ4v) is 9.23. The van der Waals surface area contributed by atoms with E-state index in [9.17, 15) is 27.6 Å². The zero-order valence-corrected chi connectivity index (χ0v) is 32.4. The summed E-state index contributed by atoms with van der Waals surface area (Å²) in [5, 5.41) is 2.81. The molecule has 0 aromatic heterocycles. The summed E-state index contributed by atoms with van der Waals surface area (Å²) in [6, 6.07) is 12.0. The SMILES string of the molecule is [C-]#[N+]C(C)(C)c1cccc(C[C@H](C(=O)N2C[C@H](OC(=O)N3Cc4cccc(Cl)c4C3)C[C@H]2C(=O)N[C@]2(C(=O)NS(=O)(=O)C3CC3)C[C@H]2CC)C(C)C)c1. The van der Waals surface area contributed by atoms with Crippen LogP contribution in [0.5, 0.6) is 0 Å². The van der Waals surface area contributed by atoms with Crippen LogP contribution in [-0.4, -0.2) is 71.5 Å². The van der Waals surface area contributed by atoms with E-state index >= 15 is 0 Å². The maximum absolute atomic E-state index is 14.6. The Balaban J connectivity index is 1.24. The Hall–Kier alpha value is -4.15. The van der Waals surface area contributed by atoms with Crippen molar-refractivity contribution >= 4 is 45.4 Å². The maximum atomic E-state index is 14.6. The Morgan fingerprint density at radius 3 is 2.45 bits per heavy atom. The number of amides is 4. The Kier molecular flexibility index (Phi) is 10.6. The molecule has 4 amide bonds. The number of halogens is 1. The van der Waals surface area contributed by atoms with Gasteiger partial charge >= 0.3 is 6.09 Å². The molecule has 2 N–H and O–H groups in total. The number of nitrogens with zero attached hydrogens (tertiary/aromatic N) is 3. The average molecular weight is 766 g/mol. The van der Waals surface area contributed by atoms with E-state index in [1.54, 1.807) is 6.07 Å². The Morgan fingerprint density at radius 2 is 1.83 bits per heavy atom. The third-order valence-corrected chi connectivity index (χ3v) is 13.5. The highest BCUT2D eigenvalue weighted by molar-refractivity contribution is 7.91. The first-order valence-electron chi connectivity index (χ1n) is 18.4. The molecule has 3 fully saturated rings. The molecule has 2 aromatic carbocycles. The van der Waals surface area contributed by atoms with E-state index in [2.05, 4.69) is 14.9 Å². The minimum atomic E-state index is -3.86. The second kappa shape index (κ2) is 14.6. The van der Waals surface area contributed by atoms with Crippen molar-refractivity contribution in [2.75, 3.05) is 6.54 Å². The first-order valence-corrected chi connectivity index (χ1v) is 20.3. The maximum Gasteiger partial charge on any atom is 0.410 e. The summed E-state index contributed by atoms with van der Waals surface area (Å²) in [7, 11) is -3.86. The molecule has 0 unspecified atom stereocenters. The van der Waals surface area contributed by atoms with Crippen molar-refractivity contribution in [1.29, 1.82) is 0 Å². The van der Waals surface area contributed by atoms with Gasteiger partial charge in [-0.1, -0.05) is 69.1 Å². The standard InChI is InChI=1S/C39H48ClN5O7S/c1-7-26-19-39(26,36(48)43-53(50,51)29-14-15-29)42-34(46)33-18-28(52-37(49)44-20-25-11-9-13-32(40)31(25)22-44)21-45(33)35(47)30(23(2)3)17-24-10-8-12-27(16-24)38(4,5)41-6/h8-13,16,23,26,28-30,33H,7,14-15,17-22H2,1-5H3,(H,42,46)(H,43,48)/t26-,28-,30+,33+,39-/m1/s1. The molecule has 2 saturated carbocycles. The zero-order chi connectivity index (χ0) is 38.5. The van der Waals surface area contributed by atoms with Crippen molar-refractivity contribution in [3.63, 3.8) is 0 Å². The molecule has 1 saturated heterocycles. The summed E-state index contributed by atoms with van der Waals surface area (Å²) in [5.74, 6) is -2.65. The number of fused-ring (bicyclic) bond motifs is 1. The van der Waals surface area contributed by atoms with Gasteiger partial charge in [-0.05, 0) is 66.3 Å². The van der Waals surface area contributed by atoms with Crippen molar-refractivity contribution in [3.05, 3.63) is 81.2 Å². The summed E-state index contributed by atoms with van der Waals surface area (Å²) in [6.45, 7) is 17.6. The zero-order valence-electron chi connectivity index (χ0n) is 30.9. The number of carbonyl (C=O) groups excluding carboxylic acids is 4. The van der Waals surface area contributed by atoms with Crippen LogP contribution in [0.25, 0.3) is 4.85 Å². The van der Waals surface area contributed by atoms with Gasteiger partial charge in [0.25, 0.3) is 11.4 Å². The highest BCUT2D eigenvalue weighted by Gasteiger charge is 2.62. The molecule has 5 atom stereocenters. The van der Waals surface area contributed by atoms with Crippen LogP contribution < -0.4 is 10.0 Å².